The Morgan fingerprint density at radius 1 is 0.489 bits per heavy atom. The van der Waals surface area contributed by atoms with Crippen LogP contribution < -0.4 is 4.90 Å². The lowest BCUT2D eigenvalue weighted by atomic mass is 9.82. The first kappa shape index (κ1) is 26.2. The molecule has 0 unspecified atom stereocenters. The molecule has 0 spiro atoms. The van der Waals surface area contributed by atoms with E-state index in [0.29, 0.717) is 0 Å². The van der Waals surface area contributed by atoms with Crippen molar-refractivity contribution in [2.45, 2.75) is 19.3 Å². The summed E-state index contributed by atoms with van der Waals surface area (Å²) >= 11 is 1.88. The fourth-order valence-corrected chi connectivity index (χ4v) is 8.54. The highest BCUT2D eigenvalue weighted by atomic mass is 32.1. The largest absolute Gasteiger partial charge is 0.310 e. The van der Waals surface area contributed by atoms with Gasteiger partial charge in [0.25, 0.3) is 0 Å². The Labute approximate surface area is 267 Å². The van der Waals surface area contributed by atoms with Crippen LogP contribution in [-0.4, -0.2) is 0 Å². The van der Waals surface area contributed by atoms with Crippen molar-refractivity contribution in [3.8, 4) is 22.3 Å². The van der Waals surface area contributed by atoms with Gasteiger partial charge in [-0.1, -0.05) is 117 Å². The summed E-state index contributed by atoms with van der Waals surface area (Å²) in [6.45, 7) is 4.71. The number of benzene rings is 7. The topological polar surface area (TPSA) is 3.24 Å². The minimum Gasteiger partial charge on any atom is -0.310 e. The molecule has 1 aliphatic carbocycles. The normalized spacial score (nSPS) is 13.3. The van der Waals surface area contributed by atoms with Gasteiger partial charge in [-0.05, 0) is 87.1 Å². The Balaban J connectivity index is 1.31. The van der Waals surface area contributed by atoms with Gasteiger partial charge < -0.3 is 4.90 Å². The molecule has 0 radical (unpaired) electrons. The lowest BCUT2D eigenvalue weighted by Crippen LogP contribution is -2.16. The molecule has 2 heteroatoms. The Bertz CT molecular complexity index is 2410. The minimum atomic E-state index is -0.0749. The molecule has 1 aromatic heterocycles. The van der Waals surface area contributed by atoms with Crippen molar-refractivity contribution in [3.05, 3.63) is 163 Å². The average molecular weight is 594 g/mol. The second-order valence-electron chi connectivity index (χ2n) is 12.6. The first-order valence-corrected chi connectivity index (χ1v) is 16.4. The van der Waals surface area contributed by atoms with Crippen molar-refractivity contribution in [3.63, 3.8) is 0 Å². The van der Waals surface area contributed by atoms with Gasteiger partial charge in [-0.25, -0.2) is 0 Å². The molecule has 9 rings (SSSR count). The molecule has 0 amide bonds. The van der Waals surface area contributed by atoms with Crippen LogP contribution in [0.4, 0.5) is 17.1 Å². The third kappa shape index (κ3) is 4.06. The minimum absolute atomic E-state index is 0.0749. The number of fused-ring (bicyclic) bond motifs is 7. The predicted octanol–water partition coefficient (Wildman–Crippen LogP) is 12.7. The molecule has 0 fully saturated rings. The number of hydrogen-bond donors (Lipinski definition) is 0. The Morgan fingerprint density at radius 2 is 1.22 bits per heavy atom. The molecule has 1 aliphatic rings. The van der Waals surface area contributed by atoms with Gasteiger partial charge in [0.05, 0.1) is 5.69 Å². The summed E-state index contributed by atoms with van der Waals surface area (Å²) in [5.74, 6) is 0. The molecule has 0 aliphatic heterocycles. The number of anilines is 3. The molecule has 0 N–H and O–H groups in total. The molecule has 1 nitrogen and oxygen atoms in total. The highest BCUT2D eigenvalue weighted by molar-refractivity contribution is 7.25. The lowest BCUT2D eigenvalue weighted by Gasteiger charge is -2.29. The highest BCUT2D eigenvalue weighted by Gasteiger charge is 2.37. The van der Waals surface area contributed by atoms with Gasteiger partial charge in [0, 0.05) is 42.5 Å². The van der Waals surface area contributed by atoms with E-state index in [1.807, 2.05) is 11.3 Å². The van der Waals surface area contributed by atoms with Gasteiger partial charge in [-0.15, -0.1) is 11.3 Å². The van der Waals surface area contributed by atoms with Crippen molar-refractivity contribution < 1.29 is 0 Å². The molecule has 0 bridgehead atoms. The van der Waals surface area contributed by atoms with E-state index in [0.717, 1.165) is 11.4 Å². The monoisotopic (exact) mass is 593 g/mol. The molecule has 8 aromatic rings. The summed E-state index contributed by atoms with van der Waals surface area (Å²) in [6, 6.07) is 55.9. The van der Waals surface area contributed by atoms with Gasteiger partial charge in [0.1, 0.15) is 0 Å². The van der Waals surface area contributed by atoms with Crippen LogP contribution in [0, 0.1) is 0 Å². The zero-order valence-corrected chi connectivity index (χ0v) is 26.1. The molecular weight excluding hydrogens is 563 g/mol. The van der Waals surface area contributed by atoms with Crippen LogP contribution in [0.3, 0.4) is 0 Å². The van der Waals surface area contributed by atoms with Crippen LogP contribution in [0.5, 0.6) is 0 Å². The van der Waals surface area contributed by atoms with Crippen LogP contribution in [0.2, 0.25) is 0 Å². The van der Waals surface area contributed by atoms with Crippen LogP contribution in [0.1, 0.15) is 25.0 Å². The molecular formula is C43H31NS. The zero-order valence-electron chi connectivity index (χ0n) is 25.3. The quantitative estimate of drug-likeness (QED) is 0.196. The van der Waals surface area contributed by atoms with E-state index in [9.17, 15) is 0 Å². The summed E-state index contributed by atoms with van der Waals surface area (Å²) in [5, 5.41) is 5.17. The van der Waals surface area contributed by atoms with Crippen LogP contribution in [-0.2, 0) is 5.41 Å². The van der Waals surface area contributed by atoms with E-state index in [-0.39, 0.29) is 5.41 Å². The number of thiophene rings is 1. The molecule has 0 saturated heterocycles. The Hall–Kier alpha value is -5.18. The number of hydrogen-bond acceptors (Lipinski definition) is 2. The second kappa shape index (κ2) is 9.92. The summed E-state index contributed by atoms with van der Waals surface area (Å²) in [4.78, 5) is 2.47. The Morgan fingerprint density at radius 3 is 2.13 bits per heavy atom. The smallest absolute Gasteiger partial charge is 0.0543 e. The summed E-state index contributed by atoms with van der Waals surface area (Å²) in [6.07, 6.45) is 0. The highest BCUT2D eigenvalue weighted by Crippen LogP contribution is 2.54. The molecule has 1 heterocycles. The standard InChI is InChI=1S/C43H31NS/c1-43(2)37-18-8-6-17-35(37)42-38(43)19-11-20-39(42)44(32-15-10-14-29(24-32)28-12-4-3-5-13-28)33-23-22-30-27-41-36(26-31(30)25-33)34-16-7-9-21-40(34)45-41/h3-27H,1-2H3. The van der Waals surface area contributed by atoms with Gasteiger partial charge in [-0.3, -0.25) is 0 Å². The maximum Gasteiger partial charge on any atom is 0.0543 e. The predicted molar refractivity (Wildman–Crippen MR) is 195 cm³/mol. The second-order valence-corrected chi connectivity index (χ2v) is 13.7. The Kier molecular flexibility index (Phi) is 5.78. The summed E-state index contributed by atoms with van der Waals surface area (Å²) in [7, 11) is 0. The van der Waals surface area contributed by atoms with Crippen molar-refractivity contribution in [1.82, 2.24) is 0 Å². The molecule has 0 saturated carbocycles. The molecule has 7 aromatic carbocycles. The molecule has 214 valence electrons. The fraction of sp³-hybridized carbons (Fsp3) is 0.0698. The van der Waals surface area contributed by atoms with Crippen molar-refractivity contribution in [2.75, 3.05) is 4.90 Å². The molecule has 45 heavy (non-hydrogen) atoms. The number of rotatable bonds is 4. The lowest BCUT2D eigenvalue weighted by molar-refractivity contribution is 0.660. The van der Waals surface area contributed by atoms with E-state index < -0.39 is 0 Å². The van der Waals surface area contributed by atoms with Crippen LogP contribution in [0.25, 0.3) is 53.2 Å². The van der Waals surface area contributed by atoms with Gasteiger partial charge in [0.15, 0.2) is 0 Å². The van der Waals surface area contributed by atoms with Crippen LogP contribution in [0.15, 0.2) is 152 Å². The first-order chi connectivity index (χ1) is 22.1. The van der Waals surface area contributed by atoms with E-state index >= 15 is 0 Å². The maximum absolute atomic E-state index is 2.47. The van der Waals surface area contributed by atoms with E-state index in [4.69, 9.17) is 0 Å². The van der Waals surface area contributed by atoms with Crippen molar-refractivity contribution >= 4 is 59.3 Å². The van der Waals surface area contributed by atoms with Gasteiger partial charge in [0.2, 0.25) is 0 Å². The maximum atomic E-state index is 2.47. The van der Waals surface area contributed by atoms with E-state index in [2.05, 4.69) is 170 Å². The summed E-state index contributed by atoms with van der Waals surface area (Å²) in [5.41, 5.74) is 11.3. The SMILES string of the molecule is CC1(C)c2ccccc2-c2c(N(c3cccc(-c4ccccc4)c3)c3ccc4cc5sc6ccccc6c5cc4c3)cccc21. The van der Waals surface area contributed by atoms with Crippen molar-refractivity contribution in [2.24, 2.45) is 0 Å². The fourth-order valence-electron chi connectivity index (χ4n) is 7.40. The van der Waals surface area contributed by atoms with E-state index in [1.54, 1.807) is 0 Å². The van der Waals surface area contributed by atoms with Gasteiger partial charge in [-0.2, -0.15) is 0 Å². The zero-order chi connectivity index (χ0) is 30.1. The van der Waals surface area contributed by atoms with Crippen LogP contribution >= 0.6 is 11.3 Å². The first-order valence-electron chi connectivity index (χ1n) is 15.6. The number of nitrogens with zero attached hydrogens (tertiary/aromatic N) is 1. The third-order valence-corrected chi connectivity index (χ3v) is 10.7. The summed E-state index contributed by atoms with van der Waals surface area (Å²) < 4.78 is 2.67. The average Bonchev–Trinajstić information content (AvgIpc) is 3.56. The third-order valence-electron chi connectivity index (χ3n) is 9.62. The van der Waals surface area contributed by atoms with Gasteiger partial charge >= 0.3 is 0 Å². The van der Waals surface area contributed by atoms with Crippen molar-refractivity contribution in [1.29, 1.82) is 0 Å². The molecule has 0 atom stereocenters. The van der Waals surface area contributed by atoms with E-state index in [1.165, 1.54) is 70.0 Å².